The first kappa shape index (κ1) is 15.6. The van der Waals surface area contributed by atoms with Gasteiger partial charge in [-0.3, -0.25) is 4.79 Å². The first-order chi connectivity index (χ1) is 10.4. The van der Waals surface area contributed by atoms with Crippen molar-refractivity contribution in [1.29, 1.82) is 0 Å². The molecule has 22 heavy (non-hydrogen) atoms. The van der Waals surface area contributed by atoms with Crippen LogP contribution in [0, 0.1) is 0 Å². The second-order valence-corrected chi connectivity index (χ2v) is 5.30. The van der Waals surface area contributed by atoms with Crippen molar-refractivity contribution in [2.75, 3.05) is 0 Å². The Bertz CT molecular complexity index is 667. The number of aliphatic carboxylic acids is 1. The molecule has 0 spiro atoms. The molecule has 0 saturated carbocycles. The maximum absolute atomic E-state index is 12.2. The zero-order valence-corrected chi connectivity index (χ0v) is 12.1. The molecule has 0 aromatic heterocycles. The Morgan fingerprint density at radius 1 is 1.05 bits per heavy atom. The minimum Gasteiger partial charge on any atom is -0.508 e. The van der Waals surface area contributed by atoms with Gasteiger partial charge in [0.1, 0.15) is 11.3 Å². The Balaban J connectivity index is 2.19. The molecule has 114 valence electrons. The van der Waals surface area contributed by atoms with E-state index in [9.17, 15) is 19.8 Å². The Kier molecular flexibility index (Phi) is 4.46. The number of carboxylic acids is 1. The van der Waals surface area contributed by atoms with Gasteiger partial charge in [0, 0.05) is 12.0 Å². The molecular weight excluding hydrogens is 282 g/mol. The van der Waals surface area contributed by atoms with E-state index < -0.39 is 17.4 Å². The van der Waals surface area contributed by atoms with E-state index in [2.05, 4.69) is 5.32 Å². The molecule has 2 aromatic rings. The number of rotatable bonds is 5. The molecule has 3 N–H and O–H groups in total. The first-order valence-corrected chi connectivity index (χ1v) is 6.79. The van der Waals surface area contributed by atoms with Crippen molar-refractivity contribution in [2.45, 2.75) is 18.9 Å². The standard InChI is InChI=1S/C17H17NO4/c1-17(16(21)22,11-12-7-9-14(19)10-8-12)18-15(20)13-5-3-2-4-6-13/h2-10,19H,11H2,1H3,(H,18,20)(H,21,22). The highest BCUT2D eigenvalue weighted by molar-refractivity contribution is 5.97. The van der Waals surface area contributed by atoms with Crippen molar-refractivity contribution < 1.29 is 19.8 Å². The SMILES string of the molecule is CC(Cc1ccc(O)cc1)(NC(=O)c1ccccc1)C(=O)O. The fourth-order valence-electron chi connectivity index (χ4n) is 2.11. The Labute approximate surface area is 128 Å². The van der Waals surface area contributed by atoms with Gasteiger partial charge in [-0.1, -0.05) is 30.3 Å². The number of carboxylic acid groups (broad SMARTS) is 1. The molecule has 5 heteroatoms. The minimum absolute atomic E-state index is 0.106. The zero-order valence-electron chi connectivity index (χ0n) is 12.1. The van der Waals surface area contributed by atoms with E-state index in [-0.39, 0.29) is 12.2 Å². The van der Waals surface area contributed by atoms with Crippen LogP contribution in [0.1, 0.15) is 22.8 Å². The molecule has 0 aliphatic carbocycles. The number of benzene rings is 2. The van der Waals surface area contributed by atoms with Crippen LogP contribution in [0.4, 0.5) is 0 Å². The molecule has 1 unspecified atom stereocenters. The van der Waals surface area contributed by atoms with E-state index >= 15 is 0 Å². The number of carbonyl (C=O) groups is 2. The van der Waals surface area contributed by atoms with Crippen molar-refractivity contribution in [1.82, 2.24) is 5.32 Å². The van der Waals surface area contributed by atoms with E-state index in [1.807, 2.05) is 0 Å². The van der Waals surface area contributed by atoms with Crippen LogP contribution in [0.5, 0.6) is 5.75 Å². The van der Waals surface area contributed by atoms with Crippen LogP contribution < -0.4 is 5.32 Å². The number of phenols is 1. The number of hydrogen-bond acceptors (Lipinski definition) is 3. The third-order valence-electron chi connectivity index (χ3n) is 3.39. The molecular formula is C17H17NO4. The summed E-state index contributed by atoms with van der Waals surface area (Å²) in [5.74, 6) is -1.46. The van der Waals surface area contributed by atoms with E-state index in [4.69, 9.17) is 0 Å². The van der Waals surface area contributed by atoms with Gasteiger partial charge in [-0.05, 0) is 36.8 Å². The zero-order chi connectivity index (χ0) is 16.2. The van der Waals surface area contributed by atoms with Crippen LogP contribution in [0.3, 0.4) is 0 Å². The van der Waals surface area contributed by atoms with Crippen molar-refractivity contribution in [3.05, 3.63) is 65.7 Å². The number of nitrogens with one attached hydrogen (secondary N) is 1. The quantitative estimate of drug-likeness (QED) is 0.790. The summed E-state index contributed by atoms with van der Waals surface area (Å²) in [6.07, 6.45) is 0.112. The molecule has 0 fully saturated rings. The molecule has 5 nitrogen and oxygen atoms in total. The second-order valence-electron chi connectivity index (χ2n) is 5.30. The van der Waals surface area contributed by atoms with Crippen LogP contribution in [0.2, 0.25) is 0 Å². The van der Waals surface area contributed by atoms with Gasteiger partial charge in [-0.15, -0.1) is 0 Å². The van der Waals surface area contributed by atoms with Gasteiger partial charge in [0.2, 0.25) is 0 Å². The topological polar surface area (TPSA) is 86.6 Å². The maximum Gasteiger partial charge on any atom is 0.329 e. The van der Waals surface area contributed by atoms with Crippen LogP contribution in [0.25, 0.3) is 0 Å². The largest absolute Gasteiger partial charge is 0.508 e. The highest BCUT2D eigenvalue weighted by Crippen LogP contribution is 2.17. The summed E-state index contributed by atoms with van der Waals surface area (Å²) in [7, 11) is 0. The molecule has 1 amide bonds. The summed E-state index contributed by atoms with van der Waals surface area (Å²) in [4.78, 5) is 23.8. The normalized spacial score (nSPS) is 13.1. The fourth-order valence-corrected chi connectivity index (χ4v) is 2.11. The summed E-state index contributed by atoms with van der Waals surface area (Å²) in [6, 6.07) is 14.7. The van der Waals surface area contributed by atoms with E-state index in [1.165, 1.54) is 19.1 Å². The third-order valence-corrected chi connectivity index (χ3v) is 3.39. The van der Waals surface area contributed by atoms with E-state index in [0.717, 1.165) is 0 Å². The van der Waals surface area contributed by atoms with Crippen molar-refractivity contribution in [2.24, 2.45) is 0 Å². The second kappa shape index (κ2) is 6.30. The summed E-state index contributed by atoms with van der Waals surface area (Å²) < 4.78 is 0. The van der Waals surface area contributed by atoms with Gasteiger partial charge in [0.25, 0.3) is 5.91 Å². The first-order valence-electron chi connectivity index (χ1n) is 6.79. The number of hydrogen-bond donors (Lipinski definition) is 3. The van der Waals surface area contributed by atoms with E-state index in [0.29, 0.717) is 11.1 Å². The Hall–Kier alpha value is -2.82. The number of amides is 1. The van der Waals surface area contributed by atoms with Gasteiger partial charge >= 0.3 is 5.97 Å². The molecule has 1 atom stereocenters. The Morgan fingerprint density at radius 2 is 1.64 bits per heavy atom. The molecule has 0 heterocycles. The highest BCUT2D eigenvalue weighted by atomic mass is 16.4. The minimum atomic E-state index is -1.44. The lowest BCUT2D eigenvalue weighted by Gasteiger charge is -2.26. The lowest BCUT2D eigenvalue weighted by atomic mass is 9.92. The molecule has 0 bridgehead atoms. The maximum atomic E-state index is 12.2. The fraction of sp³-hybridized carbons (Fsp3) is 0.176. The van der Waals surface area contributed by atoms with E-state index in [1.54, 1.807) is 42.5 Å². The van der Waals surface area contributed by atoms with Crippen molar-refractivity contribution in [3.8, 4) is 5.75 Å². The molecule has 0 radical (unpaired) electrons. The van der Waals surface area contributed by atoms with Gasteiger partial charge < -0.3 is 15.5 Å². The van der Waals surface area contributed by atoms with Crippen molar-refractivity contribution >= 4 is 11.9 Å². The molecule has 0 saturated heterocycles. The number of carbonyl (C=O) groups excluding carboxylic acids is 1. The predicted octanol–water partition coefficient (Wildman–Crippen LogP) is 2.21. The van der Waals surface area contributed by atoms with Crippen LogP contribution in [-0.4, -0.2) is 27.6 Å². The Morgan fingerprint density at radius 3 is 2.18 bits per heavy atom. The smallest absolute Gasteiger partial charge is 0.329 e. The third kappa shape index (κ3) is 3.63. The number of aromatic hydroxyl groups is 1. The molecule has 0 aliphatic rings. The lowest BCUT2D eigenvalue weighted by molar-refractivity contribution is -0.143. The summed E-state index contributed by atoms with van der Waals surface area (Å²) in [6.45, 7) is 1.46. The molecule has 2 rings (SSSR count). The van der Waals surface area contributed by atoms with Gasteiger partial charge in [0.15, 0.2) is 0 Å². The highest BCUT2D eigenvalue weighted by Gasteiger charge is 2.35. The van der Waals surface area contributed by atoms with Gasteiger partial charge in [-0.25, -0.2) is 4.79 Å². The van der Waals surface area contributed by atoms with Crippen LogP contribution >= 0.6 is 0 Å². The van der Waals surface area contributed by atoms with Gasteiger partial charge in [0.05, 0.1) is 0 Å². The number of phenolic OH excluding ortho intramolecular Hbond substituents is 1. The lowest BCUT2D eigenvalue weighted by Crippen LogP contribution is -2.53. The average Bonchev–Trinajstić information content (AvgIpc) is 2.50. The average molecular weight is 299 g/mol. The van der Waals surface area contributed by atoms with Crippen LogP contribution in [0.15, 0.2) is 54.6 Å². The summed E-state index contributed by atoms with van der Waals surface area (Å²) in [5, 5.41) is 21.3. The summed E-state index contributed by atoms with van der Waals surface area (Å²) >= 11 is 0. The predicted molar refractivity (Wildman–Crippen MR) is 81.8 cm³/mol. The van der Waals surface area contributed by atoms with Gasteiger partial charge in [-0.2, -0.15) is 0 Å². The summed E-state index contributed by atoms with van der Waals surface area (Å²) in [5.41, 5.74) is -0.332. The monoisotopic (exact) mass is 299 g/mol. The van der Waals surface area contributed by atoms with Crippen molar-refractivity contribution in [3.63, 3.8) is 0 Å². The molecule has 0 aliphatic heterocycles. The molecule has 2 aromatic carbocycles. The van der Waals surface area contributed by atoms with Crippen LogP contribution in [-0.2, 0) is 11.2 Å².